The maximum absolute atomic E-state index is 12.2. The van der Waals surface area contributed by atoms with Gasteiger partial charge in [0.15, 0.2) is 6.61 Å². The number of carbonyl (C=O) groups excluding carboxylic acids is 2. The second-order valence-corrected chi connectivity index (χ2v) is 7.75. The highest BCUT2D eigenvalue weighted by atomic mass is 79.9. The third kappa shape index (κ3) is 4.88. The molecule has 0 aliphatic carbocycles. The lowest BCUT2D eigenvalue weighted by Gasteiger charge is -2.08. The number of halogens is 2. The molecule has 1 aromatic heterocycles. The van der Waals surface area contributed by atoms with Gasteiger partial charge in [-0.05, 0) is 42.0 Å². The van der Waals surface area contributed by atoms with Gasteiger partial charge in [-0.15, -0.1) is 11.3 Å². The van der Waals surface area contributed by atoms with E-state index in [1.807, 2.05) is 12.1 Å². The summed E-state index contributed by atoms with van der Waals surface area (Å²) in [6, 6.07) is 14.2. The van der Waals surface area contributed by atoms with Crippen molar-refractivity contribution in [1.29, 1.82) is 0 Å². The van der Waals surface area contributed by atoms with E-state index >= 15 is 0 Å². The van der Waals surface area contributed by atoms with E-state index in [9.17, 15) is 9.59 Å². The van der Waals surface area contributed by atoms with Crippen molar-refractivity contribution in [2.45, 2.75) is 0 Å². The molecule has 0 radical (unpaired) electrons. The van der Waals surface area contributed by atoms with E-state index in [4.69, 9.17) is 22.1 Å². The van der Waals surface area contributed by atoms with E-state index in [-0.39, 0.29) is 18.1 Å². The Hall–Kier alpha value is -2.35. The lowest BCUT2D eigenvalue weighted by atomic mass is 10.0. The first-order valence-electron chi connectivity index (χ1n) is 7.79. The van der Waals surface area contributed by atoms with Gasteiger partial charge in [0.25, 0.3) is 11.8 Å². The van der Waals surface area contributed by atoms with Gasteiger partial charge in [0.1, 0.15) is 10.8 Å². The molecule has 5 nitrogen and oxygen atoms in total. The summed E-state index contributed by atoms with van der Waals surface area (Å²) in [7, 11) is 0. The van der Waals surface area contributed by atoms with Gasteiger partial charge in [0, 0.05) is 20.4 Å². The standard InChI is InChI=1S/C19H14BrClN2O3S/c20-12-3-7-14(8-4-12)26-9-16(24)23-19-17(18(22)25)15(10-27-19)11-1-5-13(21)6-2-11/h1-8,10H,9H2,(H2,22,25)(H,23,24). The molecule has 0 atom stereocenters. The van der Waals surface area contributed by atoms with Crippen LogP contribution in [0.4, 0.5) is 5.00 Å². The van der Waals surface area contributed by atoms with Crippen LogP contribution in [0.25, 0.3) is 11.1 Å². The number of hydrogen-bond acceptors (Lipinski definition) is 4. The third-order valence-corrected chi connectivity index (χ3v) is 5.31. The van der Waals surface area contributed by atoms with Gasteiger partial charge in [-0.25, -0.2) is 0 Å². The first kappa shape index (κ1) is 19.4. The average molecular weight is 466 g/mol. The van der Waals surface area contributed by atoms with Crippen LogP contribution in [0.1, 0.15) is 10.4 Å². The summed E-state index contributed by atoms with van der Waals surface area (Å²) < 4.78 is 6.36. The predicted molar refractivity (Wildman–Crippen MR) is 112 cm³/mol. The minimum atomic E-state index is -0.620. The fourth-order valence-corrected chi connectivity index (χ4v) is 3.76. The molecule has 0 bridgehead atoms. The molecule has 0 saturated carbocycles. The van der Waals surface area contributed by atoms with Crippen molar-refractivity contribution >= 4 is 55.7 Å². The van der Waals surface area contributed by atoms with Crippen molar-refractivity contribution in [2.24, 2.45) is 5.73 Å². The van der Waals surface area contributed by atoms with Crippen LogP contribution in [0.15, 0.2) is 58.4 Å². The normalized spacial score (nSPS) is 10.4. The zero-order valence-electron chi connectivity index (χ0n) is 13.9. The summed E-state index contributed by atoms with van der Waals surface area (Å²) in [4.78, 5) is 24.2. The highest BCUT2D eigenvalue weighted by molar-refractivity contribution is 9.10. The van der Waals surface area contributed by atoms with Crippen LogP contribution in [0, 0.1) is 0 Å². The topological polar surface area (TPSA) is 81.4 Å². The summed E-state index contributed by atoms with van der Waals surface area (Å²) in [5.74, 6) is -0.438. The molecule has 0 aliphatic heterocycles. The van der Waals surface area contributed by atoms with E-state index in [1.165, 1.54) is 11.3 Å². The Balaban J connectivity index is 1.74. The first-order valence-corrected chi connectivity index (χ1v) is 9.84. The van der Waals surface area contributed by atoms with Crippen molar-refractivity contribution in [3.8, 4) is 16.9 Å². The number of rotatable bonds is 6. The van der Waals surface area contributed by atoms with Crippen LogP contribution in [0.5, 0.6) is 5.75 Å². The summed E-state index contributed by atoms with van der Waals surface area (Å²) in [5, 5.41) is 5.44. The Labute approximate surface area is 173 Å². The number of nitrogens with one attached hydrogen (secondary N) is 1. The summed E-state index contributed by atoms with van der Waals surface area (Å²) in [5.41, 5.74) is 7.23. The van der Waals surface area contributed by atoms with E-state index in [1.54, 1.807) is 41.8 Å². The largest absolute Gasteiger partial charge is 0.484 e. The number of thiophene rings is 1. The van der Waals surface area contributed by atoms with Crippen LogP contribution in [-0.4, -0.2) is 18.4 Å². The Morgan fingerprint density at radius 2 is 1.78 bits per heavy atom. The van der Waals surface area contributed by atoms with Crippen molar-refractivity contribution in [2.75, 3.05) is 11.9 Å². The SMILES string of the molecule is NC(=O)c1c(-c2ccc(Cl)cc2)csc1NC(=O)COc1ccc(Br)cc1. The molecule has 2 aromatic carbocycles. The van der Waals surface area contributed by atoms with Crippen LogP contribution < -0.4 is 15.8 Å². The molecule has 3 aromatic rings. The molecule has 27 heavy (non-hydrogen) atoms. The number of amides is 2. The van der Waals surface area contributed by atoms with Gasteiger partial charge < -0.3 is 15.8 Å². The second-order valence-electron chi connectivity index (χ2n) is 5.52. The number of benzene rings is 2. The average Bonchev–Trinajstić information content (AvgIpc) is 3.05. The molecule has 0 unspecified atom stereocenters. The minimum Gasteiger partial charge on any atom is -0.484 e. The van der Waals surface area contributed by atoms with Crippen LogP contribution in [0.2, 0.25) is 5.02 Å². The number of primary amides is 1. The Morgan fingerprint density at radius 1 is 1.11 bits per heavy atom. The second kappa shape index (κ2) is 8.56. The predicted octanol–water partition coefficient (Wildman–Crippen LogP) is 4.95. The quantitative estimate of drug-likeness (QED) is 0.540. The van der Waals surface area contributed by atoms with Crippen LogP contribution in [0.3, 0.4) is 0 Å². The molecule has 1 heterocycles. The van der Waals surface area contributed by atoms with E-state index in [0.29, 0.717) is 21.3 Å². The van der Waals surface area contributed by atoms with E-state index in [2.05, 4.69) is 21.2 Å². The number of nitrogens with two attached hydrogens (primary N) is 1. The van der Waals surface area contributed by atoms with Gasteiger partial charge in [0.05, 0.1) is 5.56 Å². The van der Waals surface area contributed by atoms with Gasteiger partial charge in [-0.2, -0.15) is 0 Å². The minimum absolute atomic E-state index is 0.186. The lowest BCUT2D eigenvalue weighted by molar-refractivity contribution is -0.118. The van der Waals surface area contributed by atoms with Crippen molar-refractivity contribution in [3.63, 3.8) is 0 Å². The van der Waals surface area contributed by atoms with Gasteiger partial charge >= 0.3 is 0 Å². The Morgan fingerprint density at radius 3 is 2.41 bits per heavy atom. The first-order chi connectivity index (χ1) is 12.9. The van der Waals surface area contributed by atoms with Crippen LogP contribution in [-0.2, 0) is 4.79 Å². The molecular weight excluding hydrogens is 452 g/mol. The monoisotopic (exact) mass is 464 g/mol. The zero-order valence-corrected chi connectivity index (χ0v) is 17.0. The summed E-state index contributed by atoms with van der Waals surface area (Å²) in [6.45, 7) is -0.186. The smallest absolute Gasteiger partial charge is 0.262 e. The van der Waals surface area contributed by atoms with Crippen molar-refractivity contribution in [1.82, 2.24) is 0 Å². The van der Waals surface area contributed by atoms with E-state index < -0.39 is 5.91 Å². The number of ether oxygens (including phenoxy) is 1. The summed E-state index contributed by atoms with van der Waals surface area (Å²) in [6.07, 6.45) is 0. The molecule has 2 amide bonds. The van der Waals surface area contributed by atoms with Gasteiger partial charge in [-0.3, -0.25) is 9.59 Å². The van der Waals surface area contributed by atoms with Crippen molar-refractivity contribution < 1.29 is 14.3 Å². The molecule has 8 heteroatoms. The maximum Gasteiger partial charge on any atom is 0.262 e. The fourth-order valence-electron chi connectivity index (χ4n) is 2.38. The highest BCUT2D eigenvalue weighted by Crippen LogP contribution is 2.35. The molecule has 3 rings (SSSR count). The molecule has 0 aliphatic rings. The highest BCUT2D eigenvalue weighted by Gasteiger charge is 2.19. The molecule has 3 N–H and O–H groups in total. The maximum atomic E-state index is 12.2. The Bertz CT molecular complexity index is 972. The summed E-state index contributed by atoms with van der Waals surface area (Å²) >= 11 is 10.5. The third-order valence-electron chi connectivity index (χ3n) is 3.63. The van der Waals surface area contributed by atoms with Crippen LogP contribution >= 0.6 is 38.9 Å². The zero-order chi connectivity index (χ0) is 19.4. The van der Waals surface area contributed by atoms with Gasteiger partial charge in [0.2, 0.25) is 0 Å². The Kier molecular flexibility index (Phi) is 6.15. The molecule has 0 fully saturated rings. The van der Waals surface area contributed by atoms with Crippen molar-refractivity contribution in [3.05, 3.63) is 69.0 Å². The molecule has 0 spiro atoms. The number of anilines is 1. The molecule has 0 saturated heterocycles. The lowest BCUT2D eigenvalue weighted by Crippen LogP contribution is -2.22. The number of carbonyl (C=O) groups is 2. The fraction of sp³-hybridized carbons (Fsp3) is 0.0526. The van der Waals surface area contributed by atoms with E-state index in [0.717, 1.165) is 10.0 Å². The number of hydrogen-bond donors (Lipinski definition) is 2. The molecular formula is C19H14BrClN2O3S. The molecule has 138 valence electrons. The van der Waals surface area contributed by atoms with Gasteiger partial charge in [-0.1, -0.05) is 39.7 Å².